The van der Waals surface area contributed by atoms with Crippen LogP contribution in [0, 0.1) is 5.41 Å². The Morgan fingerprint density at radius 3 is 2.50 bits per heavy atom. The SMILES string of the molecule is COC(=O)C1(C(=O)C(Cl)C2(NC(=O)OCc3ccccc3)CC2)CCCNC1. The van der Waals surface area contributed by atoms with Crippen LogP contribution in [-0.2, 0) is 25.7 Å². The summed E-state index contributed by atoms with van der Waals surface area (Å²) in [7, 11) is 1.27. The van der Waals surface area contributed by atoms with Crippen molar-refractivity contribution in [3.05, 3.63) is 35.9 Å². The highest BCUT2D eigenvalue weighted by atomic mass is 35.5. The molecule has 2 N–H and O–H groups in total. The first-order valence-electron chi connectivity index (χ1n) is 9.40. The smallest absolute Gasteiger partial charge is 0.407 e. The van der Waals surface area contributed by atoms with Gasteiger partial charge in [-0.2, -0.15) is 0 Å². The third kappa shape index (κ3) is 4.15. The zero-order valence-electron chi connectivity index (χ0n) is 15.8. The zero-order valence-corrected chi connectivity index (χ0v) is 16.6. The molecule has 1 amide bonds. The van der Waals surface area contributed by atoms with Gasteiger partial charge < -0.3 is 20.1 Å². The molecule has 1 saturated heterocycles. The molecule has 1 aromatic rings. The number of Topliss-reactive ketones (excluding diaryl/α,β-unsaturated/α-hetero) is 1. The molecule has 2 atom stereocenters. The van der Waals surface area contributed by atoms with Crippen LogP contribution < -0.4 is 10.6 Å². The lowest BCUT2D eigenvalue weighted by Gasteiger charge is -2.36. The number of nitrogens with one attached hydrogen (secondary N) is 2. The summed E-state index contributed by atoms with van der Waals surface area (Å²) in [5, 5.41) is 4.80. The number of carbonyl (C=O) groups is 3. The second-order valence-electron chi connectivity index (χ2n) is 7.42. The number of rotatable bonds is 7. The fourth-order valence-corrected chi connectivity index (χ4v) is 4.10. The van der Waals surface area contributed by atoms with E-state index < -0.39 is 34.2 Å². The highest BCUT2D eigenvalue weighted by molar-refractivity contribution is 6.35. The van der Waals surface area contributed by atoms with E-state index in [9.17, 15) is 14.4 Å². The fraction of sp³-hybridized carbons (Fsp3) is 0.550. The van der Waals surface area contributed by atoms with Crippen molar-refractivity contribution in [2.45, 2.75) is 43.2 Å². The molecule has 0 radical (unpaired) electrons. The number of hydrogen-bond donors (Lipinski definition) is 2. The molecule has 0 aromatic heterocycles. The quantitative estimate of drug-likeness (QED) is 0.408. The summed E-state index contributed by atoms with van der Waals surface area (Å²) in [5.41, 5.74) is -1.34. The number of amides is 1. The number of benzene rings is 1. The van der Waals surface area contributed by atoms with E-state index >= 15 is 0 Å². The Balaban J connectivity index is 1.65. The second-order valence-corrected chi connectivity index (χ2v) is 7.86. The van der Waals surface area contributed by atoms with E-state index in [-0.39, 0.29) is 13.2 Å². The van der Waals surface area contributed by atoms with Crippen molar-refractivity contribution in [1.82, 2.24) is 10.6 Å². The van der Waals surface area contributed by atoms with Crippen LogP contribution in [0.2, 0.25) is 0 Å². The predicted octanol–water partition coefficient (Wildman–Crippen LogP) is 2.16. The molecule has 1 aliphatic carbocycles. The van der Waals surface area contributed by atoms with Gasteiger partial charge >= 0.3 is 12.1 Å². The average Bonchev–Trinajstić information content (AvgIpc) is 3.52. The van der Waals surface area contributed by atoms with E-state index in [1.807, 2.05) is 30.3 Å². The molecule has 2 unspecified atom stereocenters. The molecule has 2 aliphatic rings. The Hall–Kier alpha value is -2.12. The second kappa shape index (κ2) is 8.49. The third-order valence-electron chi connectivity index (χ3n) is 5.50. The topological polar surface area (TPSA) is 93.7 Å². The molecule has 1 aliphatic heterocycles. The largest absolute Gasteiger partial charge is 0.468 e. The minimum Gasteiger partial charge on any atom is -0.468 e. The molecular formula is C20H25ClN2O5. The number of ketones is 1. The molecule has 3 rings (SSSR count). The lowest BCUT2D eigenvalue weighted by atomic mass is 9.74. The van der Waals surface area contributed by atoms with Crippen LogP contribution in [0.1, 0.15) is 31.2 Å². The highest BCUT2D eigenvalue weighted by Gasteiger charge is 2.59. The van der Waals surface area contributed by atoms with Crippen LogP contribution in [0.25, 0.3) is 0 Å². The fourth-order valence-electron chi connectivity index (χ4n) is 3.62. The normalized spacial score (nSPS) is 23.9. The summed E-state index contributed by atoms with van der Waals surface area (Å²) in [4.78, 5) is 37.9. The van der Waals surface area contributed by atoms with Crippen LogP contribution >= 0.6 is 11.6 Å². The molecule has 28 heavy (non-hydrogen) atoms. The number of methoxy groups -OCH3 is 1. The minimum atomic E-state index is -1.31. The summed E-state index contributed by atoms with van der Waals surface area (Å²) in [6, 6.07) is 9.30. The molecule has 7 nitrogen and oxygen atoms in total. The van der Waals surface area contributed by atoms with E-state index in [1.165, 1.54) is 7.11 Å². The molecule has 8 heteroatoms. The van der Waals surface area contributed by atoms with Gasteiger partial charge in [0.15, 0.2) is 5.78 Å². The van der Waals surface area contributed by atoms with E-state index in [0.717, 1.165) is 12.1 Å². The lowest BCUT2D eigenvalue weighted by molar-refractivity contribution is -0.159. The number of esters is 1. The first-order chi connectivity index (χ1) is 13.4. The summed E-state index contributed by atoms with van der Waals surface area (Å²) < 4.78 is 10.1. The number of carbonyl (C=O) groups excluding carboxylic acids is 3. The van der Waals surface area contributed by atoms with Gasteiger partial charge in [-0.3, -0.25) is 9.59 Å². The van der Waals surface area contributed by atoms with E-state index in [2.05, 4.69) is 10.6 Å². The average molecular weight is 409 g/mol. The molecule has 1 aromatic carbocycles. The Morgan fingerprint density at radius 2 is 1.93 bits per heavy atom. The van der Waals surface area contributed by atoms with Gasteiger partial charge in [-0.15, -0.1) is 11.6 Å². The number of alkyl carbamates (subject to hydrolysis) is 1. The summed E-state index contributed by atoms with van der Waals surface area (Å²) >= 11 is 6.52. The Morgan fingerprint density at radius 1 is 1.21 bits per heavy atom. The van der Waals surface area contributed by atoms with Crippen LogP contribution in [0.5, 0.6) is 0 Å². The van der Waals surface area contributed by atoms with Crippen LogP contribution in [-0.4, -0.2) is 49.0 Å². The predicted molar refractivity (Wildman–Crippen MR) is 103 cm³/mol. The monoisotopic (exact) mass is 408 g/mol. The molecule has 0 bridgehead atoms. The number of alkyl halides is 1. The highest BCUT2D eigenvalue weighted by Crippen LogP contribution is 2.45. The van der Waals surface area contributed by atoms with Crippen LogP contribution in [0.15, 0.2) is 30.3 Å². The molecule has 2 fully saturated rings. The van der Waals surface area contributed by atoms with Crippen molar-refractivity contribution in [2.75, 3.05) is 20.2 Å². The van der Waals surface area contributed by atoms with Crippen molar-refractivity contribution in [3.8, 4) is 0 Å². The first-order valence-corrected chi connectivity index (χ1v) is 9.84. The van der Waals surface area contributed by atoms with Crippen molar-refractivity contribution in [1.29, 1.82) is 0 Å². The van der Waals surface area contributed by atoms with Gasteiger partial charge in [0, 0.05) is 6.54 Å². The van der Waals surface area contributed by atoms with Gasteiger partial charge in [-0.25, -0.2) is 4.79 Å². The van der Waals surface area contributed by atoms with Gasteiger partial charge in [0.2, 0.25) is 0 Å². The Kier molecular flexibility index (Phi) is 6.25. The molecule has 1 saturated carbocycles. The van der Waals surface area contributed by atoms with Gasteiger partial charge in [0.1, 0.15) is 17.4 Å². The van der Waals surface area contributed by atoms with E-state index in [1.54, 1.807) is 0 Å². The maximum Gasteiger partial charge on any atom is 0.407 e. The minimum absolute atomic E-state index is 0.125. The van der Waals surface area contributed by atoms with Crippen LogP contribution in [0.3, 0.4) is 0 Å². The van der Waals surface area contributed by atoms with E-state index in [4.69, 9.17) is 21.1 Å². The molecule has 152 valence electrons. The molecular weight excluding hydrogens is 384 g/mol. The van der Waals surface area contributed by atoms with Crippen molar-refractivity contribution >= 4 is 29.4 Å². The standard InChI is InChI=1S/C20H25ClN2O5/c1-27-17(25)19(8-5-11-22-13-19)16(24)15(21)20(9-10-20)23-18(26)28-12-14-6-3-2-4-7-14/h2-4,6-7,15,22H,5,8-13H2,1H3,(H,23,26). The van der Waals surface area contributed by atoms with Gasteiger partial charge in [0.25, 0.3) is 0 Å². The summed E-state index contributed by atoms with van der Waals surface area (Å²) in [6.45, 7) is 1.05. The summed E-state index contributed by atoms with van der Waals surface area (Å²) in [6.07, 6.45) is 1.53. The van der Waals surface area contributed by atoms with Gasteiger partial charge in [0.05, 0.1) is 12.6 Å². The summed E-state index contributed by atoms with van der Waals surface area (Å²) in [5.74, 6) is -0.994. The van der Waals surface area contributed by atoms with Crippen molar-refractivity contribution < 1.29 is 23.9 Å². The van der Waals surface area contributed by atoms with Crippen LogP contribution in [0.4, 0.5) is 4.79 Å². The Labute approximate surface area is 169 Å². The number of ether oxygens (including phenoxy) is 2. The van der Waals surface area contributed by atoms with Gasteiger partial charge in [-0.05, 0) is 37.8 Å². The maximum atomic E-state index is 13.2. The number of hydrogen-bond acceptors (Lipinski definition) is 6. The number of halogens is 1. The lowest BCUT2D eigenvalue weighted by Crippen LogP contribution is -2.58. The van der Waals surface area contributed by atoms with Crippen molar-refractivity contribution in [2.24, 2.45) is 5.41 Å². The number of piperidine rings is 1. The molecule has 0 spiro atoms. The molecule has 1 heterocycles. The zero-order chi connectivity index (χ0) is 20.2. The maximum absolute atomic E-state index is 13.2. The first kappa shape index (κ1) is 20.6. The van der Waals surface area contributed by atoms with Gasteiger partial charge in [-0.1, -0.05) is 30.3 Å². The Bertz CT molecular complexity index is 729. The van der Waals surface area contributed by atoms with Crippen molar-refractivity contribution in [3.63, 3.8) is 0 Å². The van der Waals surface area contributed by atoms with E-state index in [0.29, 0.717) is 25.7 Å². The third-order valence-corrected chi connectivity index (χ3v) is 6.12.